The summed E-state index contributed by atoms with van der Waals surface area (Å²) in [5.41, 5.74) is 10.5. The van der Waals surface area contributed by atoms with Gasteiger partial charge in [-0.2, -0.15) is 0 Å². The molecule has 0 aromatic heterocycles. The van der Waals surface area contributed by atoms with Crippen LogP contribution < -0.4 is 16.4 Å². The van der Waals surface area contributed by atoms with Crippen LogP contribution in [0, 0.1) is 11.8 Å². The molecule has 1 aromatic carbocycles. The van der Waals surface area contributed by atoms with Crippen LogP contribution in [0.3, 0.4) is 0 Å². The Bertz CT molecular complexity index is 1140. The maximum Gasteiger partial charge on any atom is 0.253 e. The number of rotatable bonds is 2. The van der Waals surface area contributed by atoms with Gasteiger partial charge in [0.2, 0.25) is 5.79 Å². The first kappa shape index (κ1) is 19.9. The molecular formula is C21H23N3O7. The summed E-state index contributed by atoms with van der Waals surface area (Å²) in [6.45, 7) is 0. The number of benzene rings is 1. The number of phenolic OH excluding ortho intramolecular Hbond substituents is 1. The Kier molecular flexibility index (Phi) is 3.71. The highest BCUT2D eigenvalue weighted by molar-refractivity contribution is 6.14. The average Bonchev–Trinajstić information content (AvgIpc) is 3.30. The van der Waals surface area contributed by atoms with Gasteiger partial charge in [-0.1, -0.05) is 0 Å². The SMILES string of the molecule is CN(C)c1ccc(O)c2c1CC1CC3C(N)C(O)=C(C(N)=O)C4(O)O[C@]34C(O)=C1C2=O. The fourth-order valence-electron chi connectivity index (χ4n) is 5.73. The summed E-state index contributed by atoms with van der Waals surface area (Å²) < 4.78 is 5.49. The van der Waals surface area contributed by atoms with E-state index in [0.29, 0.717) is 12.0 Å². The predicted octanol–water partition coefficient (Wildman–Crippen LogP) is -0.259. The van der Waals surface area contributed by atoms with Crippen LogP contribution in [0.15, 0.2) is 34.8 Å². The molecule has 1 aromatic rings. The number of carbonyl (C=O) groups is 2. The maximum atomic E-state index is 13.4. The molecule has 0 bridgehead atoms. The quantitative estimate of drug-likeness (QED) is 0.345. The topological polar surface area (TPSA) is 183 Å². The van der Waals surface area contributed by atoms with Gasteiger partial charge in [0.05, 0.1) is 11.6 Å². The van der Waals surface area contributed by atoms with Crippen LogP contribution >= 0.6 is 0 Å². The molecule has 31 heavy (non-hydrogen) atoms. The van der Waals surface area contributed by atoms with Gasteiger partial charge >= 0.3 is 0 Å². The number of phenols is 1. The number of amides is 1. The Morgan fingerprint density at radius 3 is 2.55 bits per heavy atom. The number of aliphatic hydroxyl groups is 3. The van der Waals surface area contributed by atoms with Crippen molar-refractivity contribution in [3.05, 3.63) is 45.9 Å². The average molecular weight is 429 g/mol. The van der Waals surface area contributed by atoms with Crippen molar-refractivity contribution in [1.29, 1.82) is 0 Å². The molecule has 1 saturated heterocycles. The van der Waals surface area contributed by atoms with Gasteiger partial charge in [-0.15, -0.1) is 0 Å². The van der Waals surface area contributed by atoms with Gasteiger partial charge in [0.15, 0.2) is 11.4 Å². The first-order valence-corrected chi connectivity index (χ1v) is 9.89. The molecule has 10 nitrogen and oxygen atoms in total. The largest absolute Gasteiger partial charge is 0.510 e. The van der Waals surface area contributed by atoms with Crippen molar-refractivity contribution in [3.8, 4) is 5.75 Å². The minimum absolute atomic E-state index is 0.00305. The van der Waals surface area contributed by atoms with Crippen molar-refractivity contribution in [3.63, 3.8) is 0 Å². The summed E-state index contributed by atoms with van der Waals surface area (Å²) >= 11 is 0. The minimum Gasteiger partial charge on any atom is -0.510 e. The zero-order valence-electron chi connectivity index (χ0n) is 16.9. The molecule has 0 saturated carbocycles. The highest BCUT2D eigenvalue weighted by Crippen LogP contribution is 2.67. The van der Waals surface area contributed by atoms with E-state index in [1.807, 2.05) is 19.0 Å². The van der Waals surface area contributed by atoms with Crippen molar-refractivity contribution >= 4 is 17.4 Å². The van der Waals surface area contributed by atoms with Gasteiger partial charge in [0, 0.05) is 31.3 Å². The fourth-order valence-corrected chi connectivity index (χ4v) is 5.73. The molecule has 10 heteroatoms. The Labute approximate surface area is 177 Å². The lowest BCUT2D eigenvalue weighted by atomic mass is 9.60. The highest BCUT2D eigenvalue weighted by Gasteiger charge is 2.84. The third kappa shape index (κ3) is 2.11. The summed E-state index contributed by atoms with van der Waals surface area (Å²) in [6, 6.07) is 1.99. The summed E-state index contributed by atoms with van der Waals surface area (Å²) in [6.07, 6.45) is 0.528. The second kappa shape index (κ2) is 5.78. The number of ether oxygens (including phenoxy) is 1. The van der Waals surface area contributed by atoms with E-state index in [2.05, 4.69) is 0 Å². The lowest BCUT2D eigenvalue weighted by Gasteiger charge is -2.43. The third-order valence-corrected chi connectivity index (χ3v) is 7.11. The van der Waals surface area contributed by atoms with Crippen LogP contribution in [-0.4, -0.2) is 63.6 Å². The van der Waals surface area contributed by atoms with Crippen molar-refractivity contribution < 1.29 is 34.8 Å². The molecule has 164 valence electrons. The van der Waals surface area contributed by atoms with Gasteiger partial charge in [0.1, 0.15) is 22.8 Å². The van der Waals surface area contributed by atoms with E-state index >= 15 is 0 Å². The number of carbonyl (C=O) groups excluding carboxylic acids is 2. The second-order valence-corrected chi connectivity index (χ2v) is 8.82. The molecule has 1 spiro atoms. The zero-order valence-corrected chi connectivity index (χ0v) is 16.9. The first-order chi connectivity index (χ1) is 14.5. The molecular weight excluding hydrogens is 406 g/mol. The van der Waals surface area contributed by atoms with E-state index in [9.17, 15) is 30.0 Å². The number of hydrogen-bond acceptors (Lipinski definition) is 9. The molecule has 1 fully saturated rings. The van der Waals surface area contributed by atoms with Crippen LogP contribution in [0.4, 0.5) is 5.69 Å². The smallest absolute Gasteiger partial charge is 0.253 e. The number of primary amides is 1. The monoisotopic (exact) mass is 429 g/mol. The molecule has 1 heterocycles. The van der Waals surface area contributed by atoms with Crippen molar-refractivity contribution in [2.24, 2.45) is 23.3 Å². The maximum absolute atomic E-state index is 13.4. The molecule has 0 radical (unpaired) electrons. The minimum atomic E-state index is -2.38. The van der Waals surface area contributed by atoms with Crippen LogP contribution in [-0.2, 0) is 16.0 Å². The Morgan fingerprint density at radius 1 is 1.26 bits per heavy atom. The van der Waals surface area contributed by atoms with Crippen molar-refractivity contribution in [2.45, 2.75) is 30.3 Å². The van der Waals surface area contributed by atoms with E-state index < -0.39 is 58.0 Å². The van der Waals surface area contributed by atoms with Gasteiger partial charge in [-0.3, -0.25) is 9.59 Å². The lowest BCUT2D eigenvalue weighted by molar-refractivity contribution is -0.117. The number of epoxide rings is 1. The molecule has 5 rings (SSSR count). The van der Waals surface area contributed by atoms with E-state index in [1.54, 1.807) is 6.07 Å². The predicted molar refractivity (Wildman–Crippen MR) is 107 cm³/mol. The highest BCUT2D eigenvalue weighted by atomic mass is 16.8. The molecule has 4 unspecified atom stereocenters. The van der Waals surface area contributed by atoms with Crippen LogP contribution in [0.5, 0.6) is 5.75 Å². The van der Waals surface area contributed by atoms with Gasteiger partial charge in [-0.25, -0.2) is 0 Å². The molecule has 5 atom stereocenters. The molecule has 1 aliphatic heterocycles. The van der Waals surface area contributed by atoms with E-state index in [4.69, 9.17) is 16.2 Å². The number of aliphatic hydroxyl groups excluding tert-OH is 2. The van der Waals surface area contributed by atoms with Gasteiger partial charge in [0.25, 0.3) is 5.91 Å². The van der Waals surface area contributed by atoms with Crippen LogP contribution in [0.25, 0.3) is 0 Å². The number of ketones is 1. The third-order valence-electron chi connectivity index (χ3n) is 7.11. The number of fused-ring (bicyclic) bond motifs is 2. The summed E-state index contributed by atoms with van der Waals surface area (Å²) in [7, 11) is 3.64. The Morgan fingerprint density at radius 2 is 1.94 bits per heavy atom. The number of hydrogen-bond donors (Lipinski definition) is 6. The van der Waals surface area contributed by atoms with Gasteiger partial charge in [-0.05, 0) is 36.5 Å². The van der Waals surface area contributed by atoms with Crippen LogP contribution in [0.1, 0.15) is 22.3 Å². The summed E-state index contributed by atoms with van der Waals surface area (Å²) in [5, 5.41) is 43.1. The van der Waals surface area contributed by atoms with Crippen molar-refractivity contribution in [1.82, 2.24) is 0 Å². The fraction of sp³-hybridized carbons (Fsp3) is 0.429. The standard InChI is InChI=1S/C21H23N3O7/c1-24(2)10-3-4-11(25)13-8(10)5-7-6-9-15(22)17(27)14(19(23)29)21(30)20(9,31-21)18(28)12(7)16(13)26/h3-4,7,9,15,25,27-28,30H,5-6,22H2,1-2H3,(H2,23,29)/t7?,9?,15?,20-,21?/m0/s1. The van der Waals surface area contributed by atoms with Crippen LogP contribution in [0.2, 0.25) is 0 Å². The molecule has 4 aliphatic rings. The van der Waals surface area contributed by atoms with E-state index in [-0.39, 0.29) is 23.3 Å². The number of anilines is 1. The van der Waals surface area contributed by atoms with E-state index in [0.717, 1.165) is 5.69 Å². The Balaban J connectivity index is 1.72. The molecule has 3 aliphatic carbocycles. The summed E-state index contributed by atoms with van der Waals surface area (Å²) in [5.74, 6) is -6.72. The van der Waals surface area contributed by atoms with Gasteiger partial charge < -0.3 is 41.5 Å². The second-order valence-electron chi connectivity index (χ2n) is 8.82. The van der Waals surface area contributed by atoms with Crippen molar-refractivity contribution in [2.75, 3.05) is 19.0 Å². The first-order valence-electron chi connectivity index (χ1n) is 9.89. The number of Topliss-reactive ketones (excluding diaryl/α,β-unsaturated/α-hetero) is 1. The summed E-state index contributed by atoms with van der Waals surface area (Å²) in [4.78, 5) is 27.2. The van der Waals surface area contributed by atoms with E-state index in [1.165, 1.54) is 6.07 Å². The number of allylic oxidation sites excluding steroid dienone is 1. The molecule has 1 amide bonds. The zero-order chi connectivity index (χ0) is 22.6. The number of nitrogens with two attached hydrogens (primary N) is 2. The Hall–Kier alpha value is -3.08. The normalized spacial score (nSPS) is 35.7. The lowest BCUT2D eigenvalue weighted by Crippen LogP contribution is -2.56. The number of nitrogens with zero attached hydrogens (tertiary/aromatic N) is 1. The number of aromatic hydroxyl groups is 1. The molecule has 8 N–H and O–H groups in total.